The van der Waals surface area contributed by atoms with Gasteiger partial charge in [0, 0.05) is 10.8 Å². The second kappa shape index (κ2) is 8.89. The van der Waals surface area contributed by atoms with E-state index in [4.69, 9.17) is 16.6 Å². The molecule has 4 aromatic rings. The van der Waals surface area contributed by atoms with Crippen molar-refractivity contribution in [3.05, 3.63) is 105 Å². The van der Waals surface area contributed by atoms with Crippen LogP contribution in [-0.4, -0.2) is 9.55 Å². The van der Waals surface area contributed by atoms with E-state index in [1.807, 2.05) is 48.5 Å². The summed E-state index contributed by atoms with van der Waals surface area (Å²) >= 11 is 7.96. The molecule has 0 aliphatic rings. The van der Waals surface area contributed by atoms with Gasteiger partial charge in [-0.05, 0) is 40.3 Å². The molecule has 0 saturated heterocycles. The average Bonchev–Trinajstić information content (AvgIpc) is 2.75. The number of hydrogen-bond acceptors (Lipinski definition) is 3. The van der Waals surface area contributed by atoms with E-state index in [1.165, 1.54) is 11.1 Å². The molecular formula is C26H25ClN2OS. The molecule has 0 amide bonds. The van der Waals surface area contributed by atoms with Gasteiger partial charge in [-0.1, -0.05) is 98.7 Å². The Morgan fingerprint density at radius 2 is 1.61 bits per heavy atom. The van der Waals surface area contributed by atoms with Crippen molar-refractivity contribution < 1.29 is 0 Å². The lowest BCUT2D eigenvalue weighted by atomic mass is 9.87. The fourth-order valence-corrected chi connectivity index (χ4v) is 4.59. The Bertz CT molecular complexity index is 1270. The molecule has 1 heterocycles. The Morgan fingerprint density at radius 1 is 0.935 bits per heavy atom. The third-order valence-electron chi connectivity index (χ3n) is 5.30. The van der Waals surface area contributed by atoms with E-state index in [2.05, 4.69) is 45.0 Å². The fourth-order valence-electron chi connectivity index (χ4n) is 3.44. The van der Waals surface area contributed by atoms with Crippen LogP contribution in [0.25, 0.3) is 10.9 Å². The van der Waals surface area contributed by atoms with E-state index in [0.29, 0.717) is 27.6 Å². The lowest BCUT2D eigenvalue weighted by Gasteiger charge is -2.19. The molecule has 0 saturated carbocycles. The van der Waals surface area contributed by atoms with Crippen LogP contribution in [0.1, 0.15) is 37.5 Å². The van der Waals surface area contributed by atoms with Crippen LogP contribution in [0.5, 0.6) is 0 Å². The van der Waals surface area contributed by atoms with Gasteiger partial charge in [-0.25, -0.2) is 4.98 Å². The minimum Gasteiger partial charge on any atom is -0.283 e. The minimum absolute atomic E-state index is 0.0453. The van der Waals surface area contributed by atoms with Gasteiger partial charge in [0.2, 0.25) is 0 Å². The van der Waals surface area contributed by atoms with Gasteiger partial charge in [0.15, 0.2) is 5.16 Å². The molecule has 0 N–H and O–H groups in total. The molecule has 0 unspecified atom stereocenters. The first kappa shape index (κ1) is 21.7. The van der Waals surface area contributed by atoms with Gasteiger partial charge in [0.1, 0.15) is 0 Å². The van der Waals surface area contributed by atoms with E-state index >= 15 is 0 Å². The normalized spacial score (nSPS) is 11.7. The first-order valence-electron chi connectivity index (χ1n) is 10.3. The maximum absolute atomic E-state index is 13.3. The second-order valence-corrected chi connectivity index (χ2v) is 9.98. The van der Waals surface area contributed by atoms with Crippen LogP contribution in [0, 0.1) is 0 Å². The molecule has 31 heavy (non-hydrogen) atoms. The van der Waals surface area contributed by atoms with Crippen molar-refractivity contribution in [1.82, 2.24) is 9.55 Å². The summed E-state index contributed by atoms with van der Waals surface area (Å²) in [4.78, 5) is 18.1. The number of hydrogen-bond donors (Lipinski definition) is 0. The highest BCUT2D eigenvalue weighted by Gasteiger charge is 2.15. The maximum Gasteiger partial charge on any atom is 0.262 e. The van der Waals surface area contributed by atoms with Crippen molar-refractivity contribution in [2.45, 2.75) is 43.6 Å². The molecule has 0 aliphatic heterocycles. The maximum atomic E-state index is 13.3. The predicted octanol–water partition coefficient (Wildman–Crippen LogP) is 6.69. The summed E-state index contributed by atoms with van der Waals surface area (Å²) in [6.45, 7) is 7.02. The zero-order chi connectivity index (χ0) is 22.0. The average molecular weight is 449 g/mol. The third-order valence-corrected chi connectivity index (χ3v) is 6.72. The van der Waals surface area contributed by atoms with Crippen molar-refractivity contribution in [1.29, 1.82) is 0 Å². The summed E-state index contributed by atoms with van der Waals surface area (Å²) < 4.78 is 1.73. The van der Waals surface area contributed by atoms with Crippen LogP contribution < -0.4 is 5.56 Å². The summed E-state index contributed by atoms with van der Waals surface area (Å²) in [5.74, 6) is 0.734. The highest BCUT2D eigenvalue weighted by Crippen LogP contribution is 2.27. The molecule has 0 atom stereocenters. The van der Waals surface area contributed by atoms with Crippen LogP contribution in [0.4, 0.5) is 0 Å². The molecule has 158 valence electrons. The number of benzene rings is 3. The highest BCUT2D eigenvalue weighted by atomic mass is 35.5. The summed E-state index contributed by atoms with van der Waals surface area (Å²) in [5.41, 5.74) is 4.20. The van der Waals surface area contributed by atoms with Crippen molar-refractivity contribution in [2.75, 3.05) is 0 Å². The summed E-state index contributed by atoms with van der Waals surface area (Å²) in [7, 11) is 0. The van der Waals surface area contributed by atoms with Crippen molar-refractivity contribution in [2.24, 2.45) is 0 Å². The Labute approximate surface area is 192 Å². The Morgan fingerprint density at radius 3 is 2.32 bits per heavy atom. The number of fused-ring (bicyclic) bond motifs is 1. The van der Waals surface area contributed by atoms with Crippen molar-refractivity contribution in [3.63, 3.8) is 0 Å². The van der Waals surface area contributed by atoms with Gasteiger partial charge in [0.05, 0.1) is 17.4 Å². The van der Waals surface area contributed by atoms with Gasteiger partial charge in [0.25, 0.3) is 5.56 Å². The fraction of sp³-hybridized carbons (Fsp3) is 0.231. The summed E-state index contributed by atoms with van der Waals surface area (Å²) in [6.07, 6.45) is 0. The number of para-hydroxylation sites is 1. The van der Waals surface area contributed by atoms with Gasteiger partial charge < -0.3 is 0 Å². The van der Waals surface area contributed by atoms with Gasteiger partial charge >= 0.3 is 0 Å². The van der Waals surface area contributed by atoms with Gasteiger partial charge in [-0.2, -0.15) is 0 Å². The van der Waals surface area contributed by atoms with E-state index in [1.54, 1.807) is 16.3 Å². The number of aromatic nitrogens is 2. The standard InChI is InChI=1S/C26H25ClN2OS/c1-26(2,3)20-14-12-18(13-15-20)17-31-25-28-23-11-7-5-9-21(23)24(30)29(25)16-19-8-4-6-10-22(19)27/h4-15H,16-17H2,1-3H3. The van der Waals surface area contributed by atoms with Crippen molar-refractivity contribution in [3.8, 4) is 0 Å². The van der Waals surface area contributed by atoms with Crippen molar-refractivity contribution >= 4 is 34.3 Å². The smallest absolute Gasteiger partial charge is 0.262 e. The Kier molecular flexibility index (Phi) is 6.22. The van der Waals surface area contributed by atoms with E-state index in [-0.39, 0.29) is 11.0 Å². The van der Waals surface area contributed by atoms with Gasteiger partial charge in [-0.15, -0.1) is 0 Å². The number of nitrogens with zero attached hydrogens (tertiary/aromatic N) is 2. The summed E-state index contributed by atoms with van der Waals surface area (Å²) in [6, 6.07) is 23.8. The van der Waals surface area contributed by atoms with Crippen LogP contribution in [-0.2, 0) is 17.7 Å². The van der Waals surface area contributed by atoms with Crippen LogP contribution in [0.3, 0.4) is 0 Å². The molecule has 0 bridgehead atoms. The van der Waals surface area contributed by atoms with Gasteiger partial charge in [-0.3, -0.25) is 9.36 Å². The first-order valence-corrected chi connectivity index (χ1v) is 11.6. The SMILES string of the molecule is CC(C)(C)c1ccc(CSc2nc3ccccc3c(=O)n2Cc2ccccc2Cl)cc1. The third kappa shape index (κ3) is 4.86. The highest BCUT2D eigenvalue weighted by molar-refractivity contribution is 7.98. The van der Waals surface area contributed by atoms with E-state index in [9.17, 15) is 4.79 Å². The molecule has 0 aliphatic carbocycles. The quantitative estimate of drug-likeness (QED) is 0.252. The monoisotopic (exact) mass is 448 g/mol. The minimum atomic E-state index is -0.0453. The molecule has 3 nitrogen and oxygen atoms in total. The summed E-state index contributed by atoms with van der Waals surface area (Å²) in [5, 5.41) is 1.97. The van der Waals surface area contributed by atoms with E-state index in [0.717, 1.165) is 11.3 Å². The van der Waals surface area contributed by atoms with Crippen LogP contribution in [0.2, 0.25) is 5.02 Å². The number of thioether (sulfide) groups is 1. The van der Waals surface area contributed by atoms with Crippen LogP contribution in [0.15, 0.2) is 82.7 Å². The number of halogens is 1. The molecule has 0 radical (unpaired) electrons. The lowest BCUT2D eigenvalue weighted by Crippen LogP contribution is -2.24. The van der Waals surface area contributed by atoms with Crippen LogP contribution >= 0.6 is 23.4 Å². The second-order valence-electron chi connectivity index (χ2n) is 8.63. The molecular weight excluding hydrogens is 424 g/mol. The Balaban J connectivity index is 1.69. The molecule has 1 aromatic heterocycles. The van der Waals surface area contributed by atoms with E-state index < -0.39 is 0 Å². The first-order chi connectivity index (χ1) is 14.8. The molecule has 0 fully saturated rings. The zero-order valence-electron chi connectivity index (χ0n) is 17.9. The molecule has 0 spiro atoms. The Hall–Kier alpha value is -2.56. The largest absolute Gasteiger partial charge is 0.283 e. The zero-order valence-corrected chi connectivity index (χ0v) is 19.5. The number of rotatable bonds is 5. The lowest BCUT2D eigenvalue weighted by molar-refractivity contribution is 0.590. The topological polar surface area (TPSA) is 34.9 Å². The molecule has 4 rings (SSSR count). The molecule has 3 aromatic carbocycles. The molecule has 5 heteroatoms. The predicted molar refractivity (Wildman–Crippen MR) is 131 cm³/mol.